The largest absolute Gasteiger partial charge is 0.381 e. The molecule has 5 rings (SSSR count). The summed E-state index contributed by atoms with van der Waals surface area (Å²) in [6, 6.07) is 1.81. The fourth-order valence-electron chi connectivity index (χ4n) is 5.71. The number of rotatable bonds is 7. The van der Waals surface area contributed by atoms with Crippen LogP contribution in [0.2, 0.25) is 0 Å². The predicted octanol–water partition coefficient (Wildman–Crippen LogP) is 3.70. The molecule has 2 unspecified atom stereocenters. The lowest BCUT2D eigenvalue weighted by atomic mass is 9.83. The van der Waals surface area contributed by atoms with Crippen LogP contribution in [0.4, 0.5) is 22.0 Å². The molecule has 200 valence electrons. The van der Waals surface area contributed by atoms with E-state index in [2.05, 4.69) is 25.5 Å². The predicted molar refractivity (Wildman–Crippen MR) is 138 cm³/mol. The maximum Gasteiger partial charge on any atom is 0.227 e. The molecule has 3 fully saturated rings. The number of H-pyrrole nitrogens is 1. The van der Waals surface area contributed by atoms with Gasteiger partial charge in [0.05, 0.1) is 18.1 Å². The normalized spacial score (nSPS) is 26.4. The van der Waals surface area contributed by atoms with Gasteiger partial charge in [0.1, 0.15) is 0 Å². The molecule has 12 heteroatoms. The van der Waals surface area contributed by atoms with E-state index in [9.17, 15) is 8.42 Å². The molecule has 0 aliphatic carbocycles. The number of ether oxygens (including phenoxy) is 1. The zero-order valence-electron chi connectivity index (χ0n) is 20.5. The molecule has 0 amide bonds. The molecule has 5 heterocycles. The van der Waals surface area contributed by atoms with Crippen LogP contribution >= 0.6 is 0 Å². The van der Waals surface area contributed by atoms with Gasteiger partial charge in [-0.25, -0.2) is 17.8 Å². The van der Waals surface area contributed by atoms with Crippen molar-refractivity contribution >= 4 is 27.6 Å². The Morgan fingerprint density at radius 2 is 1.97 bits per heavy atom. The number of sulfonamides is 1. The third-order valence-corrected chi connectivity index (χ3v) is 9.53. The van der Waals surface area contributed by atoms with Crippen LogP contribution in [0.1, 0.15) is 70.2 Å². The summed E-state index contributed by atoms with van der Waals surface area (Å²) in [5.41, 5.74) is 1.20. The van der Waals surface area contributed by atoms with E-state index in [1.165, 1.54) is 0 Å². The van der Waals surface area contributed by atoms with E-state index in [1.807, 2.05) is 18.9 Å². The summed E-state index contributed by atoms with van der Waals surface area (Å²) in [4.78, 5) is 11.2. The third kappa shape index (κ3) is 5.08. The maximum absolute atomic E-state index is 15.5. The molecule has 0 saturated carbocycles. The van der Waals surface area contributed by atoms with Crippen molar-refractivity contribution in [3.63, 3.8) is 0 Å². The Bertz CT molecular complexity index is 1150. The van der Waals surface area contributed by atoms with Crippen molar-refractivity contribution in [1.82, 2.24) is 24.5 Å². The minimum absolute atomic E-state index is 0. The fourth-order valence-corrected chi connectivity index (χ4v) is 7.30. The molecule has 4 atom stereocenters. The van der Waals surface area contributed by atoms with Crippen LogP contribution in [-0.2, 0) is 14.8 Å². The monoisotopic (exact) mass is 523 g/mol. The summed E-state index contributed by atoms with van der Waals surface area (Å²) in [5, 5.41) is 10.0. The highest BCUT2D eigenvalue weighted by Crippen LogP contribution is 2.39. The first-order chi connectivity index (χ1) is 16.8. The van der Waals surface area contributed by atoms with Crippen molar-refractivity contribution in [3.05, 3.63) is 23.3 Å². The molecule has 3 aliphatic heterocycles. The highest BCUT2D eigenvalue weighted by atomic mass is 32.2. The van der Waals surface area contributed by atoms with Gasteiger partial charge in [0.15, 0.2) is 17.5 Å². The number of halogens is 1. The Hall–Kier alpha value is -2.31. The van der Waals surface area contributed by atoms with E-state index in [4.69, 9.17) is 4.74 Å². The van der Waals surface area contributed by atoms with E-state index in [0.717, 1.165) is 25.0 Å². The van der Waals surface area contributed by atoms with Crippen molar-refractivity contribution in [2.45, 2.75) is 83.8 Å². The van der Waals surface area contributed by atoms with E-state index < -0.39 is 15.8 Å². The molecule has 2 aromatic heterocycles. The minimum atomic E-state index is -3.26. The van der Waals surface area contributed by atoms with Gasteiger partial charge in [0.2, 0.25) is 16.0 Å². The summed E-state index contributed by atoms with van der Waals surface area (Å²) in [7, 11) is -1.33. The van der Waals surface area contributed by atoms with Gasteiger partial charge in [0.25, 0.3) is 0 Å². The average molecular weight is 524 g/mol. The Morgan fingerprint density at radius 1 is 1.25 bits per heavy atom. The number of anilines is 3. The van der Waals surface area contributed by atoms with E-state index in [0.29, 0.717) is 49.9 Å². The molecular formula is C24H38FN7O3S. The summed E-state index contributed by atoms with van der Waals surface area (Å²) in [6.07, 6.45) is 4.87. The second-order valence-corrected chi connectivity index (χ2v) is 12.1. The van der Waals surface area contributed by atoms with Crippen LogP contribution in [0.25, 0.3) is 0 Å². The average Bonchev–Trinajstić information content (AvgIpc) is 3.51. The van der Waals surface area contributed by atoms with Crippen LogP contribution in [0.3, 0.4) is 0 Å². The van der Waals surface area contributed by atoms with Crippen molar-refractivity contribution in [2.24, 2.45) is 0 Å². The quantitative estimate of drug-likeness (QED) is 0.564. The second-order valence-electron chi connectivity index (χ2n) is 9.90. The van der Waals surface area contributed by atoms with Gasteiger partial charge < -0.3 is 15.0 Å². The molecule has 3 saturated heterocycles. The molecule has 0 spiro atoms. The molecule has 36 heavy (non-hydrogen) atoms. The second kappa shape index (κ2) is 10.6. The first-order valence-corrected chi connectivity index (χ1v) is 14.1. The summed E-state index contributed by atoms with van der Waals surface area (Å²) >= 11 is 0. The Kier molecular flexibility index (Phi) is 7.86. The topological polar surface area (TPSA) is 116 Å². The molecule has 0 radical (unpaired) electrons. The molecule has 3 aliphatic rings. The smallest absolute Gasteiger partial charge is 0.227 e. The summed E-state index contributed by atoms with van der Waals surface area (Å²) in [5.74, 6) is 0.492. The molecule has 0 aromatic carbocycles. The Balaban J connectivity index is 0.00000304. The summed E-state index contributed by atoms with van der Waals surface area (Å²) < 4.78 is 48.4. The number of piperidine rings is 2. The molecule has 10 nitrogen and oxygen atoms in total. The van der Waals surface area contributed by atoms with Gasteiger partial charge >= 0.3 is 0 Å². The standard InChI is InChI=1S/C23H34FN7O3S.CH4/c1-4-35(32,33)31-16-6-5-7-17(31)12-18(11-16)30(3)23-26-21(15-8-9-34-13-15)20(24)22(27-23)25-19-10-14(2)28-29-19;/h10,15-18H,4-9,11-13H2,1-3H3,(H2,25,26,27,28,29);1H4/t15?,16-,17+,18?;. The van der Waals surface area contributed by atoms with Crippen LogP contribution in [0.15, 0.2) is 6.07 Å². The zero-order valence-corrected chi connectivity index (χ0v) is 21.3. The lowest BCUT2D eigenvalue weighted by Gasteiger charge is -2.49. The number of aromatic amines is 1. The van der Waals surface area contributed by atoms with E-state index >= 15 is 4.39 Å². The van der Waals surface area contributed by atoms with Gasteiger partial charge in [0, 0.05) is 49.5 Å². The van der Waals surface area contributed by atoms with Crippen LogP contribution in [0, 0.1) is 12.7 Å². The van der Waals surface area contributed by atoms with Gasteiger partial charge in [-0.05, 0) is 46.0 Å². The zero-order chi connectivity index (χ0) is 24.7. The number of hydrogen-bond donors (Lipinski definition) is 2. The van der Waals surface area contributed by atoms with Crippen LogP contribution < -0.4 is 10.2 Å². The van der Waals surface area contributed by atoms with E-state index in [1.54, 1.807) is 17.3 Å². The lowest BCUT2D eigenvalue weighted by molar-refractivity contribution is 0.109. The molecule has 2 aromatic rings. The molecule has 2 N–H and O–H groups in total. The van der Waals surface area contributed by atoms with Crippen LogP contribution in [-0.4, -0.2) is 77.0 Å². The SMILES string of the molecule is C.CCS(=O)(=O)N1[C@@H]2CCC[C@H]1CC(N(C)c1nc(Nc3cc(C)[nH]n3)c(F)c(C3CCOC3)n1)C2. The van der Waals surface area contributed by atoms with Gasteiger partial charge in [-0.3, -0.25) is 5.10 Å². The van der Waals surface area contributed by atoms with Gasteiger partial charge in [-0.2, -0.15) is 14.4 Å². The number of aromatic nitrogens is 4. The maximum atomic E-state index is 15.5. The van der Waals surface area contributed by atoms with Gasteiger partial charge in [-0.15, -0.1) is 0 Å². The Labute approximate surface area is 213 Å². The van der Waals surface area contributed by atoms with Crippen molar-refractivity contribution in [2.75, 3.05) is 36.2 Å². The van der Waals surface area contributed by atoms with Gasteiger partial charge in [-0.1, -0.05) is 13.8 Å². The first-order valence-electron chi connectivity index (χ1n) is 12.4. The highest BCUT2D eigenvalue weighted by Gasteiger charge is 2.45. The van der Waals surface area contributed by atoms with Crippen molar-refractivity contribution in [3.8, 4) is 0 Å². The number of aryl methyl sites for hydroxylation is 1. The molecular weight excluding hydrogens is 485 g/mol. The van der Waals surface area contributed by atoms with Crippen molar-refractivity contribution < 1.29 is 17.5 Å². The number of nitrogens with one attached hydrogen (secondary N) is 2. The molecule has 2 bridgehead atoms. The summed E-state index contributed by atoms with van der Waals surface area (Å²) in [6.45, 7) is 4.58. The first kappa shape index (κ1) is 26.7. The Morgan fingerprint density at radius 3 is 2.56 bits per heavy atom. The number of nitrogens with zero attached hydrogens (tertiary/aromatic N) is 5. The number of fused-ring (bicyclic) bond motifs is 2. The highest BCUT2D eigenvalue weighted by molar-refractivity contribution is 7.89. The van der Waals surface area contributed by atoms with Crippen LogP contribution in [0.5, 0.6) is 0 Å². The van der Waals surface area contributed by atoms with E-state index in [-0.39, 0.29) is 43.0 Å². The van der Waals surface area contributed by atoms with Crippen molar-refractivity contribution in [1.29, 1.82) is 0 Å². The lowest BCUT2D eigenvalue weighted by Crippen LogP contribution is -2.58. The third-order valence-electron chi connectivity index (χ3n) is 7.57. The number of hydrogen-bond acceptors (Lipinski definition) is 8. The fraction of sp³-hybridized carbons (Fsp3) is 0.708. The minimum Gasteiger partial charge on any atom is -0.381 e.